The van der Waals surface area contributed by atoms with Crippen molar-refractivity contribution in [2.45, 2.75) is 25.7 Å². The summed E-state index contributed by atoms with van der Waals surface area (Å²) in [4.78, 5) is 21.9. The van der Waals surface area contributed by atoms with Crippen LogP contribution in [-0.4, -0.2) is 39.0 Å². The fourth-order valence-corrected chi connectivity index (χ4v) is 2.81. The first-order chi connectivity index (χ1) is 11.1. The zero-order valence-electron chi connectivity index (χ0n) is 13.1. The normalized spacial score (nSPS) is 15.3. The Morgan fingerprint density at radius 3 is 2.83 bits per heavy atom. The summed E-state index contributed by atoms with van der Waals surface area (Å²) >= 11 is 0. The van der Waals surface area contributed by atoms with Gasteiger partial charge in [-0.1, -0.05) is 37.2 Å². The number of para-hydroxylation sites is 1. The highest BCUT2D eigenvalue weighted by Gasteiger charge is 2.36. The Morgan fingerprint density at radius 1 is 1.35 bits per heavy atom. The molecule has 23 heavy (non-hydrogen) atoms. The predicted molar refractivity (Wildman–Crippen MR) is 85.3 cm³/mol. The molecule has 1 aliphatic rings. The van der Waals surface area contributed by atoms with Crippen LogP contribution in [0, 0.1) is 0 Å². The number of fused-ring (bicyclic) bond motifs is 1. The van der Waals surface area contributed by atoms with Crippen molar-refractivity contribution < 1.29 is 9.32 Å². The highest BCUT2D eigenvalue weighted by atomic mass is 16.5. The zero-order chi connectivity index (χ0) is 16.0. The standard InChI is InChI=1S/C17H18N4O2/c1-10(2)15-19-16(23-20-15)12-8-21(9-12)17(22)14-7-11-5-3-4-6-13(11)18-14/h3-7,10,12,18H,8-9H2,1-2H3. The third kappa shape index (κ3) is 2.40. The molecular weight excluding hydrogens is 292 g/mol. The van der Waals surface area contributed by atoms with Gasteiger partial charge in [0.2, 0.25) is 5.89 Å². The Morgan fingerprint density at radius 2 is 2.13 bits per heavy atom. The highest BCUT2D eigenvalue weighted by Crippen LogP contribution is 2.28. The van der Waals surface area contributed by atoms with Crippen LogP contribution in [-0.2, 0) is 0 Å². The molecule has 0 spiro atoms. The maximum atomic E-state index is 12.5. The van der Waals surface area contributed by atoms with E-state index < -0.39 is 0 Å². The Hall–Kier alpha value is -2.63. The van der Waals surface area contributed by atoms with Crippen LogP contribution in [0.5, 0.6) is 0 Å². The van der Waals surface area contributed by atoms with Crippen LogP contribution in [0.4, 0.5) is 0 Å². The van der Waals surface area contributed by atoms with Crippen LogP contribution >= 0.6 is 0 Å². The Balaban J connectivity index is 1.45. The van der Waals surface area contributed by atoms with Gasteiger partial charge in [0.05, 0.1) is 5.92 Å². The summed E-state index contributed by atoms with van der Waals surface area (Å²) in [5.74, 6) is 1.76. The van der Waals surface area contributed by atoms with Crippen molar-refractivity contribution in [3.05, 3.63) is 47.7 Å². The van der Waals surface area contributed by atoms with E-state index in [0.29, 0.717) is 24.7 Å². The number of amides is 1. The molecule has 1 amide bonds. The lowest BCUT2D eigenvalue weighted by molar-refractivity contribution is 0.0564. The van der Waals surface area contributed by atoms with Gasteiger partial charge >= 0.3 is 0 Å². The van der Waals surface area contributed by atoms with Crippen LogP contribution < -0.4 is 0 Å². The van der Waals surface area contributed by atoms with Gasteiger partial charge in [0, 0.05) is 29.9 Å². The average Bonchev–Trinajstić information content (AvgIpc) is 3.12. The van der Waals surface area contributed by atoms with Crippen molar-refractivity contribution in [3.8, 4) is 0 Å². The molecule has 1 N–H and O–H groups in total. The number of rotatable bonds is 3. The number of aromatic amines is 1. The molecule has 3 aromatic rings. The second-order valence-corrected chi connectivity index (χ2v) is 6.32. The lowest BCUT2D eigenvalue weighted by atomic mass is 9.99. The van der Waals surface area contributed by atoms with Crippen molar-refractivity contribution in [1.29, 1.82) is 0 Å². The topological polar surface area (TPSA) is 75.0 Å². The predicted octanol–water partition coefficient (Wildman–Crippen LogP) is 2.91. The molecule has 0 aliphatic carbocycles. The largest absolute Gasteiger partial charge is 0.351 e. The van der Waals surface area contributed by atoms with Gasteiger partial charge in [-0.05, 0) is 12.1 Å². The van der Waals surface area contributed by atoms with Crippen molar-refractivity contribution in [2.24, 2.45) is 0 Å². The molecule has 4 rings (SSSR count). The maximum Gasteiger partial charge on any atom is 0.270 e. The number of nitrogens with zero attached hydrogens (tertiary/aromatic N) is 3. The van der Waals surface area contributed by atoms with E-state index in [-0.39, 0.29) is 17.7 Å². The number of likely N-dealkylation sites (tertiary alicyclic amines) is 1. The monoisotopic (exact) mass is 310 g/mol. The first-order valence-electron chi connectivity index (χ1n) is 7.82. The molecule has 1 saturated heterocycles. The van der Waals surface area contributed by atoms with Gasteiger partial charge in [0.1, 0.15) is 5.69 Å². The SMILES string of the molecule is CC(C)c1noc(C2CN(C(=O)c3cc4ccccc4[nH]3)C2)n1. The van der Waals surface area contributed by atoms with Gasteiger partial charge in [-0.2, -0.15) is 4.98 Å². The molecule has 0 atom stereocenters. The Labute approximate surface area is 133 Å². The molecule has 0 bridgehead atoms. The molecule has 2 aromatic heterocycles. The number of nitrogens with one attached hydrogen (secondary N) is 1. The van der Waals surface area contributed by atoms with Gasteiger partial charge in [-0.25, -0.2) is 0 Å². The molecule has 3 heterocycles. The summed E-state index contributed by atoms with van der Waals surface area (Å²) in [6.45, 7) is 5.30. The summed E-state index contributed by atoms with van der Waals surface area (Å²) in [5.41, 5.74) is 1.60. The van der Waals surface area contributed by atoms with Crippen molar-refractivity contribution in [3.63, 3.8) is 0 Å². The minimum absolute atomic E-state index is 0.0149. The molecule has 1 aliphatic heterocycles. The van der Waals surface area contributed by atoms with Crippen molar-refractivity contribution in [1.82, 2.24) is 20.0 Å². The van der Waals surface area contributed by atoms with E-state index in [0.717, 1.165) is 16.7 Å². The van der Waals surface area contributed by atoms with Crippen LogP contribution in [0.2, 0.25) is 0 Å². The molecule has 0 unspecified atom stereocenters. The van der Waals surface area contributed by atoms with E-state index in [1.165, 1.54) is 0 Å². The number of hydrogen-bond donors (Lipinski definition) is 1. The Kier molecular flexibility index (Phi) is 3.18. The molecular formula is C17H18N4O2. The quantitative estimate of drug-likeness (QED) is 0.807. The van der Waals surface area contributed by atoms with E-state index in [1.807, 2.05) is 44.2 Å². The molecule has 1 fully saturated rings. The summed E-state index contributed by atoms with van der Waals surface area (Å²) < 4.78 is 5.30. The molecule has 1 aromatic carbocycles. The van der Waals surface area contributed by atoms with Gasteiger partial charge in [-0.15, -0.1) is 0 Å². The smallest absolute Gasteiger partial charge is 0.270 e. The molecule has 0 radical (unpaired) electrons. The summed E-state index contributed by atoms with van der Waals surface area (Å²) in [7, 11) is 0. The van der Waals surface area contributed by atoms with Gasteiger partial charge in [-0.3, -0.25) is 4.79 Å². The van der Waals surface area contributed by atoms with Crippen LogP contribution in [0.1, 0.15) is 47.9 Å². The van der Waals surface area contributed by atoms with Crippen LogP contribution in [0.3, 0.4) is 0 Å². The summed E-state index contributed by atoms with van der Waals surface area (Å²) in [6.07, 6.45) is 0. The highest BCUT2D eigenvalue weighted by molar-refractivity contribution is 5.98. The van der Waals surface area contributed by atoms with E-state index in [2.05, 4.69) is 15.1 Å². The van der Waals surface area contributed by atoms with Gasteiger partial charge in [0.15, 0.2) is 5.82 Å². The van der Waals surface area contributed by atoms with Crippen LogP contribution in [0.15, 0.2) is 34.9 Å². The number of aromatic nitrogens is 3. The third-order valence-corrected chi connectivity index (χ3v) is 4.25. The minimum Gasteiger partial charge on any atom is -0.351 e. The first-order valence-corrected chi connectivity index (χ1v) is 7.82. The maximum absolute atomic E-state index is 12.5. The second kappa shape index (κ2) is 5.22. The lowest BCUT2D eigenvalue weighted by Crippen LogP contribution is -2.48. The lowest BCUT2D eigenvalue weighted by Gasteiger charge is -2.36. The molecule has 118 valence electrons. The number of H-pyrrole nitrogens is 1. The van der Waals surface area contributed by atoms with Crippen molar-refractivity contribution >= 4 is 16.8 Å². The number of hydrogen-bond acceptors (Lipinski definition) is 4. The Bertz CT molecular complexity index is 825. The van der Waals surface area contributed by atoms with E-state index in [1.54, 1.807) is 4.90 Å². The van der Waals surface area contributed by atoms with E-state index in [9.17, 15) is 4.79 Å². The molecule has 6 heteroatoms. The third-order valence-electron chi connectivity index (χ3n) is 4.25. The average molecular weight is 310 g/mol. The summed E-state index contributed by atoms with van der Waals surface area (Å²) in [6, 6.07) is 9.78. The minimum atomic E-state index is 0.0149. The van der Waals surface area contributed by atoms with Gasteiger partial charge < -0.3 is 14.4 Å². The number of carbonyl (C=O) groups excluding carboxylic acids is 1. The van der Waals surface area contributed by atoms with Gasteiger partial charge in [0.25, 0.3) is 5.91 Å². The van der Waals surface area contributed by atoms with Crippen LogP contribution in [0.25, 0.3) is 10.9 Å². The fraction of sp³-hybridized carbons (Fsp3) is 0.353. The number of benzene rings is 1. The fourth-order valence-electron chi connectivity index (χ4n) is 2.81. The molecule has 6 nitrogen and oxygen atoms in total. The zero-order valence-corrected chi connectivity index (χ0v) is 13.1. The number of carbonyl (C=O) groups is 1. The summed E-state index contributed by atoms with van der Waals surface area (Å²) in [5, 5.41) is 5.03. The second-order valence-electron chi connectivity index (χ2n) is 6.32. The van der Waals surface area contributed by atoms with Crippen molar-refractivity contribution in [2.75, 3.05) is 13.1 Å². The molecule has 0 saturated carbocycles. The first kappa shape index (κ1) is 14.0. The van der Waals surface area contributed by atoms with E-state index in [4.69, 9.17) is 4.52 Å². The van der Waals surface area contributed by atoms with E-state index >= 15 is 0 Å².